The minimum absolute atomic E-state index is 0.0514. The van der Waals surface area contributed by atoms with Crippen molar-refractivity contribution in [3.05, 3.63) is 0 Å². The molecule has 10 N–H and O–H groups in total. The summed E-state index contributed by atoms with van der Waals surface area (Å²) in [5, 5.41) is 46.0. The first kappa shape index (κ1) is 28.5. The number of carboxylic acid groups (broad SMARTS) is 4. The number of amides is 1. The molecule has 0 heterocycles. The number of hydrogen-bond donors (Lipinski definition) is 8. The smallest absolute Gasteiger partial charge is 0.326 e. The molecule has 182 valence electrons. The van der Waals surface area contributed by atoms with Crippen LogP contribution in [-0.2, 0) is 24.0 Å². The topological polar surface area (TPSA) is 261 Å². The number of carbonyl (C=O) groups is 5. The van der Waals surface area contributed by atoms with E-state index in [2.05, 4.69) is 5.32 Å². The van der Waals surface area contributed by atoms with Crippen LogP contribution in [0.5, 0.6) is 0 Å². The fourth-order valence-electron chi connectivity index (χ4n) is 2.78. The van der Waals surface area contributed by atoms with Gasteiger partial charge in [0.05, 0.1) is 13.1 Å². The van der Waals surface area contributed by atoms with Crippen molar-refractivity contribution in [1.29, 1.82) is 5.41 Å². The summed E-state index contributed by atoms with van der Waals surface area (Å²) < 4.78 is 0. The van der Waals surface area contributed by atoms with E-state index in [9.17, 15) is 29.1 Å². The summed E-state index contributed by atoms with van der Waals surface area (Å²) in [6, 6.07) is -2.69. The van der Waals surface area contributed by atoms with Crippen LogP contribution < -0.4 is 16.8 Å². The van der Waals surface area contributed by atoms with Gasteiger partial charge in [0.1, 0.15) is 12.1 Å². The van der Waals surface area contributed by atoms with E-state index in [1.54, 1.807) is 0 Å². The predicted octanol–water partition coefficient (Wildman–Crippen LogP) is -2.81. The quantitative estimate of drug-likeness (QED) is 0.0617. The SMILES string of the molecule is N=C(N)NCCC[C@@H](C(=O)O)N(CCN(CC(=O)O)CC(=O)O)C(=O)CC[C@H](N)C(=O)O. The molecule has 0 saturated carbocycles. The molecule has 15 heteroatoms. The van der Waals surface area contributed by atoms with Crippen molar-refractivity contribution in [2.45, 2.75) is 37.8 Å². The number of hydrogen-bond acceptors (Lipinski definition) is 8. The van der Waals surface area contributed by atoms with Crippen LogP contribution in [-0.4, -0.2) is 111 Å². The number of nitrogens with two attached hydrogens (primary N) is 2. The lowest BCUT2D eigenvalue weighted by molar-refractivity contribution is -0.151. The Morgan fingerprint density at radius 3 is 1.91 bits per heavy atom. The van der Waals surface area contributed by atoms with Gasteiger partial charge in [0.2, 0.25) is 5.91 Å². The van der Waals surface area contributed by atoms with Gasteiger partial charge in [-0.2, -0.15) is 0 Å². The number of nitrogens with zero attached hydrogens (tertiary/aromatic N) is 2. The van der Waals surface area contributed by atoms with Crippen LogP contribution in [0.25, 0.3) is 0 Å². The zero-order valence-electron chi connectivity index (χ0n) is 17.4. The minimum Gasteiger partial charge on any atom is -0.480 e. The maximum absolute atomic E-state index is 12.7. The Bertz CT molecular complexity index is 686. The molecule has 1 amide bonds. The Morgan fingerprint density at radius 2 is 1.47 bits per heavy atom. The molecule has 32 heavy (non-hydrogen) atoms. The van der Waals surface area contributed by atoms with E-state index in [4.69, 9.17) is 32.2 Å². The molecule has 0 fully saturated rings. The van der Waals surface area contributed by atoms with Crippen LogP contribution in [0.2, 0.25) is 0 Å². The molecule has 0 aliphatic heterocycles. The minimum atomic E-state index is -1.35. The lowest BCUT2D eigenvalue weighted by Crippen LogP contribution is -2.50. The van der Waals surface area contributed by atoms with E-state index in [1.807, 2.05) is 0 Å². The van der Waals surface area contributed by atoms with Crippen molar-refractivity contribution in [1.82, 2.24) is 15.1 Å². The summed E-state index contributed by atoms with van der Waals surface area (Å²) in [6.45, 7) is -1.67. The molecule has 0 unspecified atom stereocenters. The summed E-state index contributed by atoms with van der Waals surface area (Å²) in [7, 11) is 0. The van der Waals surface area contributed by atoms with Crippen molar-refractivity contribution >= 4 is 35.7 Å². The fourth-order valence-corrected chi connectivity index (χ4v) is 2.78. The van der Waals surface area contributed by atoms with E-state index >= 15 is 0 Å². The molecule has 0 aliphatic rings. The molecular formula is C17H30N6O9. The molecule has 0 aromatic heterocycles. The van der Waals surface area contributed by atoms with Crippen molar-refractivity contribution < 1.29 is 44.4 Å². The van der Waals surface area contributed by atoms with Gasteiger partial charge < -0.3 is 42.1 Å². The summed E-state index contributed by atoms with van der Waals surface area (Å²) in [4.78, 5) is 59.3. The van der Waals surface area contributed by atoms with Crippen molar-refractivity contribution in [2.75, 3.05) is 32.7 Å². The van der Waals surface area contributed by atoms with Gasteiger partial charge in [0, 0.05) is 26.1 Å². The molecule has 0 aliphatic carbocycles. The van der Waals surface area contributed by atoms with Crippen LogP contribution in [0.15, 0.2) is 0 Å². The highest BCUT2D eigenvalue weighted by molar-refractivity contribution is 5.84. The lowest BCUT2D eigenvalue weighted by Gasteiger charge is -2.31. The number of nitrogens with one attached hydrogen (secondary N) is 2. The van der Waals surface area contributed by atoms with Gasteiger partial charge in [-0.3, -0.25) is 29.5 Å². The van der Waals surface area contributed by atoms with E-state index in [-0.39, 0.29) is 51.3 Å². The van der Waals surface area contributed by atoms with Crippen LogP contribution >= 0.6 is 0 Å². The molecule has 0 radical (unpaired) electrons. The third-order valence-corrected chi connectivity index (χ3v) is 4.31. The van der Waals surface area contributed by atoms with Crippen LogP contribution in [0.4, 0.5) is 0 Å². The number of guanidine groups is 1. The highest BCUT2D eigenvalue weighted by Crippen LogP contribution is 2.12. The fraction of sp³-hybridized carbons (Fsp3) is 0.647. The largest absolute Gasteiger partial charge is 0.480 e. The van der Waals surface area contributed by atoms with Gasteiger partial charge in [-0.1, -0.05) is 0 Å². The Morgan fingerprint density at radius 1 is 0.906 bits per heavy atom. The molecule has 15 nitrogen and oxygen atoms in total. The zero-order valence-corrected chi connectivity index (χ0v) is 17.4. The standard InChI is InChI=1S/C17H30N6O9/c18-10(15(29)30)3-4-12(24)23(7-6-22(8-13(25)26)9-14(27)28)11(16(31)32)2-1-5-21-17(19)20/h10-11H,1-9,18H2,(H,25,26)(H,27,28)(H,29,30)(H,31,32)(H4,19,20,21)/t10-,11-/m0/s1. The number of aliphatic carboxylic acids is 4. The monoisotopic (exact) mass is 462 g/mol. The second kappa shape index (κ2) is 14.5. The maximum Gasteiger partial charge on any atom is 0.326 e. The van der Waals surface area contributed by atoms with E-state index in [1.165, 1.54) is 0 Å². The van der Waals surface area contributed by atoms with Gasteiger partial charge in [-0.05, 0) is 19.3 Å². The normalized spacial score (nSPS) is 12.6. The van der Waals surface area contributed by atoms with Gasteiger partial charge in [0.15, 0.2) is 5.96 Å². The van der Waals surface area contributed by atoms with Crippen LogP contribution in [0, 0.1) is 5.41 Å². The van der Waals surface area contributed by atoms with Crippen LogP contribution in [0.1, 0.15) is 25.7 Å². The van der Waals surface area contributed by atoms with Gasteiger partial charge in [0.25, 0.3) is 0 Å². The van der Waals surface area contributed by atoms with E-state index < -0.39 is 55.0 Å². The summed E-state index contributed by atoms with van der Waals surface area (Å²) >= 11 is 0. The first-order valence-electron chi connectivity index (χ1n) is 9.59. The summed E-state index contributed by atoms with van der Waals surface area (Å²) in [6.07, 6.45) is -0.467. The number of carboxylic acids is 4. The first-order chi connectivity index (χ1) is 14.8. The summed E-state index contributed by atoms with van der Waals surface area (Å²) in [5.74, 6) is -6.33. The lowest BCUT2D eigenvalue weighted by atomic mass is 10.1. The molecule has 0 spiro atoms. The highest BCUT2D eigenvalue weighted by Gasteiger charge is 2.30. The zero-order chi connectivity index (χ0) is 24.8. The second-order valence-electron chi connectivity index (χ2n) is 6.91. The molecule has 0 bridgehead atoms. The Balaban J connectivity index is 5.46. The Labute approximate surface area is 183 Å². The van der Waals surface area contributed by atoms with Crippen LogP contribution in [0.3, 0.4) is 0 Å². The maximum atomic E-state index is 12.7. The van der Waals surface area contributed by atoms with Gasteiger partial charge in [-0.25, -0.2) is 4.79 Å². The van der Waals surface area contributed by atoms with Gasteiger partial charge in [-0.15, -0.1) is 0 Å². The average Bonchev–Trinajstić information content (AvgIpc) is 2.65. The molecule has 0 rings (SSSR count). The molecular weight excluding hydrogens is 432 g/mol. The van der Waals surface area contributed by atoms with Gasteiger partial charge >= 0.3 is 23.9 Å². The Kier molecular flexibility index (Phi) is 13.0. The van der Waals surface area contributed by atoms with Crippen molar-refractivity contribution in [3.8, 4) is 0 Å². The number of carbonyl (C=O) groups excluding carboxylic acids is 1. The number of rotatable bonds is 17. The predicted molar refractivity (Wildman–Crippen MR) is 109 cm³/mol. The van der Waals surface area contributed by atoms with Crippen molar-refractivity contribution in [3.63, 3.8) is 0 Å². The van der Waals surface area contributed by atoms with Crippen molar-refractivity contribution in [2.24, 2.45) is 11.5 Å². The molecule has 0 saturated heterocycles. The third kappa shape index (κ3) is 12.3. The van der Waals surface area contributed by atoms with E-state index in [0.717, 1.165) is 9.80 Å². The third-order valence-electron chi connectivity index (χ3n) is 4.31. The second-order valence-corrected chi connectivity index (χ2v) is 6.91. The first-order valence-corrected chi connectivity index (χ1v) is 9.59. The molecule has 0 aromatic carbocycles. The molecule has 2 atom stereocenters. The van der Waals surface area contributed by atoms with E-state index in [0.29, 0.717) is 0 Å². The summed E-state index contributed by atoms with van der Waals surface area (Å²) in [5.41, 5.74) is 10.6. The molecule has 0 aromatic rings. The Hall–Kier alpha value is -3.46. The average molecular weight is 462 g/mol. The highest BCUT2D eigenvalue weighted by atomic mass is 16.4.